The molecule has 3 nitrogen and oxygen atoms in total. The predicted octanol–water partition coefficient (Wildman–Crippen LogP) is 13.3. The van der Waals surface area contributed by atoms with Crippen molar-refractivity contribution >= 4 is 5.91 Å². The zero-order valence-electron chi connectivity index (χ0n) is 31.5. The van der Waals surface area contributed by atoms with Crippen LogP contribution in [0.15, 0.2) is 24.3 Å². The first-order valence-corrected chi connectivity index (χ1v) is 20.1. The lowest BCUT2D eigenvalue weighted by atomic mass is 9.73. The molecule has 0 heterocycles. The molecule has 0 aromatic rings. The number of hydrogen-bond donors (Lipinski definition) is 1. The first kappa shape index (κ1) is 43.9. The summed E-state index contributed by atoms with van der Waals surface area (Å²) in [5, 5.41) is 0. The van der Waals surface area contributed by atoms with Gasteiger partial charge in [-0.1, -0.05) is 173 Å². The molecule has 0 aliphatic rings. The van der Waals surface area contributed by atoms with Gasteiger partial charge in [-0.15, -0.1) is 0 Å². The minimum atomic E-state index is -0.177. The molecule has 266 valence electrons. The van der Waals surface area contributed by atoms with E-state index < -0.39 is 0 Å². The van der Waals surface area contributed by atoms with Gasteiger partial charge in [0.1, 0.15) is 0 Å². The summed E-state index contributed by atoms with van der Waals surface area (Å²) in [5.74, 6) is -0.156. The maximum Gasteiger partial charge on any atom is 0.235 e. The fraction of sp³-hybridized carbons (Fsp3) is 0.881. The smallest absolute Gasteiger partial charge is 0.235 e. The van der Waals surface area contributed by atoms with Crippen LogP contribution in [0.4, 0.5) is 0 Å². The summed E-state index contributed by atoms with van der Waals surface area (Å²) in [6.07, 6.45) is 49.1. The normalized spacial score (nSPS) is 13.1. The Hall–Kier alpha value is -1.09. The maximum atomic E-state index is 12.5. The summed E-state index contributed by atoms with van der Waals surface area (Å²) in [4.78, 5) is 14.6. The van der Waals surface area contributed by atoms with Gasteiger partial charge < -0.3 is 5.73 Å². The van der Waals surface area contributed by atoms with Gasteiger partial charge >= 0.3 is 0 Å². The SMILES string of the molecule is CCCCCCCC/C=C\CCCCCCCCC(C)(CCCCCCCC/C=C\CCCCCCCC)C(C(N)=O)N(C)C. The highest BCUT2D eigenvalue weighted by Crippen LogP contribution is 2.37. The Morgan fingerprint density at radius 1 is 0.511 bits per heavy atom. The molecule has 3 heteroatoms. The van der Waals surface area contributed by atoms with Crippen molar-refractivity contribution < 1.29 is 4.79 Å². The van der Waals surface area contributed by atoms with Gasteiger partial charge in [0.05, 0.1) is 6.04 Å². The zero-order valence-corrected chi connectivity index (χ0v) is 31.5. The number of carbonyl (C=O) groups excluding carboxylic acids is 1. The minimum Gasteiger partial charge on any atom is -0.368 e. The number of carbonyl (C=O) groups is 1. The summed E-state index contributed by atoms with van der Waals surface area (Å²) in [6, 6.07) is -0.177. The lowest BCUT2D eigenvalue weighted by Crippen LogP contribution is -2.51. The monoisotopic (exact) mass is 631 g/mol. The number of primary amides is 1. The van der Waals surface area contributed by atoms with Crippen molar-refractivity contribution in [2.24, 2.45) is 11.1 Å². The summed E-state index contributed by atoms with van der Waals surface area (Å²) in [5.41, 5.74) is 5.92. The van der Waals surface area contributed by atoms with Crippen molar-refractivity contribution in [2.45, 2.75) is 219 Å². The highest BCUT2D eigenvalue weighted by Gasteiger charge is 2.38. The van der Waals surface area contributed by atoms with Gasteiger partial charge in [-0.05, 0) is 83.7 Å². The Labute approximate surface area is 284 Å². The van der Waals surface area contributed by atoms with Crippen molar-refractivity contribution in [1.29, 1.82) is 0 Å². The summed E-state index contributed by atoms with van der Waals surface area (Å²) in [6.45, 7) is 6.90. The van der Waals surface area contributed by atoms with Crippen LogP contribution >= 0.6 is 0 Å². The highest BCUT2D eigenvalue weighted by atomic mass is 16.1. The topological polar surface area (TPSA) is 46.3 Å². The van der Waals surface area contributed by atoms with Gasteiger partial charge in [-0.2, -0.15) is 0 Å². The predicted molar refractivity (Wildman–Crippen MR) is 203 cm³/mol. The van der Waals surface area contributed by atoms with E-state index in [1.165, 1.54) is 180 Å². The summed E-state index contributed by atoms with van der Waals surface area (Å²) < 4.78 is 0. The van der Waals surface area contributed by atoms with Crippen molar-refractivity contribution in [3.8, 4) is 0 Å². The molecule has 2 N–H and O–H groups in total. The molecule has 0 rings (SSSR count). The largest absolute Gasteiger partial charge is 0.368 e. The van der Waals surface area contributed by atoms with Gasteiger partial charge in [0.15, 0.2) is 0 Å². The average molecular weight is 631 g/mol. The Morgan fingerprint density at radius 2 is 0.778 bits per heavy atom. The first-order valence-electron chi connectivity index (χ1n) is 20.1. The summed E-state index contributed by atoms with van der Waals surface area (Å²) >= 11 is 0. The third-order valence-electron chi connectivity index (χ3n) is 9.97. The molecule has 0 fully saturated rings. The lowest BCUT2D eigenvalue weighted by Gasteiger charge is -2.40. The van der Waals surface area contributed by atoms with Crippen LogP contribution in [-0.2, 0) is 4.79 Å². The van der Waals surface area contributed by atoms with E-state index in [2.05, 4.69) is 50.0 Å². The van der Waals surface area contributed by atoms with Gasteiger partial charge in [-0.25, -0.2) is 0 Å². The molecule has 0 saturated heterocycles. The standard InChI is InChI=1S/C42H82N2O/c1-6-8-10-12-14-16-18-20-22-24-26-28-30-32-34-36-38-42(3,40(41(43)45)44(4)5)39-37-35-33-31-29-27-25-23-21-19-17-15-13-11-9-7-2/h20-23,40H,6-19,24-39H2,1-5H3,(H2,43,45)/b22-20-,23-21-. The van der Waals surface area contributed by atoms with Crippen LogP contribution in [0.5, 0.6) is 0 Å². The van der Waals surface area contributed by atoms with Crippen molar-refractivity contribution in [1.82, 2.24) is 4.90 Å². The first-order chi connectivity index (χ1) is 21.9. The maximum absolute atomic E-state index is 12.5. The molecule has 45 heavy (non-hydrogen) atoms. The number of unbranched alkanes of at least 4 members (excludes halogenated alkanes) is 24. The van der Waals surface area contributed by atoms with E-state index in [0.717, 1.165) is 12.8 Å². The van der Waals surface area contributed by atoms with Crippen LogP contribution in [0.2, 0.25) is 0 Å². The fourth-order valence-electron chi connectivity index (χ4n) is 7.17. The van der Waals surface area contributed by atoms with Crippen LogP contribution in [0.1, 0.15) is 213 Å². The van der Waals surface area contributed by atoms with E-state index in [1.807, 2.05) is 14.1 Å². The van der Waals surface area contributed by atoms with Crippen molar-refractivity contribution in [3.05, 3.63) is 24.3 Å². The molecule has 0 bridgehead atoms. The molecule has 0 aliphatic heterocycles. The van der Waals surface area contributed by atoms with Crippen LogP contribution in [0.3, 0.4) is 0 Å². The van der Waals surface area contributed by atoms with E-state index in [9.17, 15) is 4.79 Å². The van der Waals surface area contributed by atoms with Gasteiger partial charge in [0.25, 0.3) is 0 Å². The van der Waals surface area contributed by atoms with Gasteiger partial charge in [-0.3, -0.25) is 9.69 Å². The van der Waals surface area contributed by atoms with Gasteiger partial charge in [0.2, 0.25) is 5.91 Å². The molecule has 0 radical (unpaired) electrons. The van der Waals surface area contributed by atoms with E-state index >= 15 is 0 Å². The number of hydrogen-bond acceptors (Lipinski definition) is 2. The fourth-order valence-corrected chi connectivity index (χ4v) is 7.17. The van der Waals surface area contributed by atoms with Crippen LogP contribution in [0.25, 0.3) is 0 Å². The Morgan fingerprint density at radius 3 is 1.04 bits per heavy atom. The Kier molecular flexibility index (Phi) is 32.0. The third kappa shape index (κ3) is 27.7. The van der Waals surface area contributed by atoms with E-state index in [1.54, 1.807) is 0 Å². The number of allylic oxidation sites excluding steroid dienone is 4. The number of rotatable bonds is 35. The lowest BCUT2D eigenvalue weighted by molar-refractivity contribution is -0.127. The minimum absolute atomic E-state index is 0.0308. The van der Waals surface area contributed by atoms with E-state index in [4.69, 9.17) is 5.73 Å². The van der Waals surface area contributed by atoms with Crippen LogP contribution in [0, 0.1) is 5.41 Å². The molecule has 0 aliphatic carbocycles. The van der Waals surface area contributed by atoms with Crippen molar-refractivity contribution in [2.75, 3.05) is 14.1 Å². The third-order valence-corrected chi connectivity index (χ3v) is 9.97. The molecule has 0 saturated carbocycles. The second kappa shape index (κ2) is 32.8. The second-order valence-electron chi connectivity index (χ2n) is 14.8. The highest BCUT2D eigenvalue weighted by molar-refractivity contribution is 5.80. The molecule has 0 aromatic heterocycles. The second-order valence-corrected chi connectivity index (χ2v) is 14.8. The van der Waals surface area contributed by atoms with E-state index in [0.29, 0.717) is 0 Å². The van der Waals surface area contributed by atoms with E-state index in [-0.39, 0.29) is 17.4 Å². The van der Waals surface area contributed by atoms with Crippen LogP contribution < -0.4 is 5.73 Å². The number of nitrogens with zero attached hydrogens (tertiary/aromatic N) is 1. The average Bonchev–Trinajstić information content (AvgIpc) is 3.00. The van der Waals surface area contributed by atoms with Crippen molar-refractivity contribution in [3.63, 3.8) is 0 Å². The number of amides is 1. The Bertz CT molecular complexity index is 640. The molecule has 0 aromatic carbocycles. The molecular formula is C42H82N2O. The van der Waals surface area contributed by atoms with Crippen LogP contribution in [-0.4, -0.2) is 30.9 Å². The number of likely N-dealkylation sites (N-methyl/N-ethyl adjacent to an activating group) is 1. The molecule has 1 atom stereocenters. The number of nitrogens with two attached hydrogens (primary N) is 1. The molecule has 1 unspecified atom stereocenters. The molecular weight excluding hydrogens is 548 g/mol. The Balaban J connectivity index is 4.07. The molecule has 1 amide bonds. The summed E-state index contributed by atoms with van der Waals surface area (Å²) in [7, 11) is 4.05. The van der Waals surface area contributed by atoms with Gasteiger partial charge in [0, 0.05) is 0 Å². The zero-order chi connectivity index (χ0) is 33.3. The quantitative estimate of drug-likeness (QED) is 0.0559. The molecule has 0 spiro atoms.